The van der Waals surface area contributed by atoms with E-state index < -0.39 is 5.82 Å². The minimum atomic E-state index is -0.462. The van der Waals surface area contributed by atoms with Crippen LogP contribution in [0, 0.1) is 5.82 Å². The van der Waals surface area contributed by atoms with Gasteiger partial charge in [-0.05, 0) is 30.5 Å². The number of halogens is 1. The first-order valence-corrected chi connectivity index (χ1v) is 8.69. The van der Waals surface area contributed by atoms with Crippen LogP contribution < -0.4 is 10.1 Å². The van der Waals surface area contributed by atoms with Crippen LogP contribution in [0.2, 0.25) is 0 Å². The number of piperazine rings is 1. The number of rotatable bonds is 4. The van der Waals surface area contributed by atoms with E-state index in [1.807, 2.05) is 4.90 Å². The van der Waals surface area contributed by atoms with Crippen molar-refractivity contribution in [3.05, 3.63) is 29.6 Å². The zero-order chi connectivity index (χ0) is 17.8. The third kappa shape index (κ3) is 4.10. The number of ether oxygens (including phenoxy) is 1. The van der Waals surface area contributed by atoms with Gasteiger partial charge in [-0.1, -0.05) is 6.07 Å². The minimum Gasteiger partial charge on any atom is -0.494 e. The van der Waals surface area contributed by atoms with E-state index in [9.17, 15) is 14.0 Å². The second-order valence-corrected chi connectivity index (χ2v) is 6.55. The highest BCUT2D eigenvalue weighted by Gasteiger charge is 2.31. The first-order valence-electron chi connectivity index (χ1n) is 8.69. The lowest BCUT2D eigenvalue weighted by Gasteiger charge is -2.41. The molecule has 2 amide bonds. The number of carbonyl (C=O) groups excluding carboxylic acids is 2. The monoisotopic (exact) mass is 349 g/mol. The van der Waals surface area contributed by atoms with Gasteiger partial charge in [0.15, 0.2) is 11.6 Å². The molecular weight excluding hydrogens is 325 g/mol. The third-order valence-electron chi connectivity index (χ3n) is 4.89. The van der Waals surface area contributed by atoms with Crippen LogP contribution in [0.1, 0.15) is 18.4 Å². The van der Waals surface area contributed by atoms with E-state index in [0.29, 0.717) is 31.7 Å². The van der Waals surface area contributed by atoms with Crippen molar-refractivity contribution in [3.8, 4) is 5.75 Å². The van der Waals surface area contributed by atoms with E-state index in [4.69, 9.17) is 4.74 Å². The number of benzene rings is 1. The van der Waals surface area contributed by atoms with Crippen LogP contribution in [0.5, 0.6) is 5.75 Å². The Kier molecular flexibility index (Phi) is 5.53. The lowest BCUT2D eigenvalue weighted by atomic mass is 10.0. The first-order chi connectivity index (χ1) is 12.1. The summed E-state index contributed by atoms with van der Waals surface area (Å²) in [4.78, 5) is 28.4. The van der Waals surface area contributed by atoms with Crippen molar-refractivity contribution in [3.63, 3.8) is 0 Å². The Labute approximate surface area is 146 Å². The fraction of sp³-hybridized carbons (Fsp3) is 0.556. The summed E-state index contributed by atoms with van der Waals surface area (Å²) in [5.74, 6) is -0.221. The Morgan fingerprint density at radius 3 is 2.96 bits per heavy atom. The van der Waals surface area contributed by atoms with Crippen LogP contribution in [-0.4, -0.2) is 67.5 Å². The molecule has 2 saturated heterocycles. The maximum Gasteiger partial charge on any atom is 0.236 e. The van der Waals surface area contributed by atoms with Gasteiger partial charge < -0.3 is 19.9 Å². The molecule has 2 heterocycles. The van der Waals surface area contributed by atoms with Gasteiger partial charge in [0.2, 0.25) is 11.8 Å². The zero-order valence-corrected chi connectivity index (χ0v) is 14.5. The fourth-order valence-electron chi connectivity index (χ4n) is 3.55. The Balaban J connectivity index is 1.61. The van der Waals surface area contributed by atoms with Gasteiger partial charge in [-0.15, -0.1) is 0 Å². The Hall–Kier alpha value is -2.15. The smallest absolute Gasteiger partial charge is 0.236 e. The molecule has 1 aromatic carbocycles. The van der Waals surface area contributed by atoms with Gasteiger partial charge in [-0.2, -0.15) is 0 Å². The highest BCUT2D eigenvalue weighted by atomic mass is 19.1. The normalized spacial score (nSPS) is 21.4. The molecule has 2 fully saturated rings. The average Bonchev–Trinajstić information content (AvgIpc) is 2.62. The first kappa shape index (κ1) is 17.7. The van der Waals surface area contributed by atoms with Crippen molar-refractivity contribution in [1.29, 1.82) is 0 Å². The molecule has 3 rings (SSSR count). The van der Waals surface area contributed by atoms with E-state index in [-0.39, 0.29) is 30.0 Å². The maximum absolute atomic E-state index is 13.8. The molecular formula is C18H24FN3O3. The highest BCUT2D eigenvalue weighted by molar-refractivity contribution is 5.80. The van der Waals surface area contributed by atoms with Crippen LogP contribution in [0.3, 0.4) is 0 Å². The summed E-state index contributed by atoms with van der Waals surface area (Å²) < 4.78 is 18.7. The molecule has 0 bridgehead atoms. The summed E-state index contributed by atoms with van der Waals surface area (Å²) >= 11 is 0. The van der Waals surface area contributed by atoms with Crippen molar-refractivity contribution >= 4 is 11.8 Å². The molecule has 7 heteroatoms. The number of hydrogen-bond acceptors (Lipinski definition) is 4. The third-order valence-corrected chi connectivity index (χ3v) is 4.89. The number of nitrogens with one attached hydrogen (secondary N) is 1. The standard InChI is InChI=1S/C18H24FN3O3/c1-25-16-5-4-13(9-15(16)19)10-17(23)21-7-2-3-14(12-21)22-8-6-20-11-18(22)24/h4-5,9,14,20H,2-3,6-8,10-12H2,1H3. The van der Waals surface area contributed by atoms with Crippen molar-refractivity contribution in [1.82, 2.24) is 15.1 Å². The second kappa shape index (κ2) is 7.82. The number of likely N-dealkylation sites (tertiary alicyclic amines) is 1. The summed E-state index contributed by atoms with van der Waals surface area (Å²) in [7, 11) is 1.41. The molecule has 1 unspecified atom stereocenters. The largest absolute Gasteiger partial charge is 0.494 e. The van der Waals surface area contributed by atoms with Crippen molar-refractivity contribution < 1.29 is 18.7 Å². The Morgan fingerprint density at radius 1 is 1.40 bits per heavy atom. The van der Waals surface area contributed by atoms with Crippen molar-refractivity contribution in [2.24, 2.45) is 0 Å². The highest BCUT2D eigenvalue weighted by Crippen LogP contribution is 2.20. The molecule has 136 valence electrons. The van der Waals surface area contributed by atoms with Crippen molar-refractivity contribution in [2.75, 3.05) is 39.8 Å². The van der Waals surface area contributed by atoms with Gasteiger partial charge in [0.25, 0.3) is 0 Å². The van der Waals surface area contributed by atoms with Crippen LogP contribution in [0.4, 0.5) is 4.39 Å². The van der Waals surface area contributed by atoms with Crippen LogP contribution in [0.25, 0.3) is 0 Å². The molecule has 2 aliphatic heterocycles. The lowest BCUT2D eigenvalue weighted by molar-refractivity contribution is -0.140. The summed E-state index contributed by atoms with van der Waals surface area (Å²) in [6.07, 6.45) is 1.96. The molecule has 0 spiro atoms. The van der Waals surface area contributed by atoms with Gasteiger partial charge in [0.05, 0.1) is 20.1 Å². The van der Waals surface area contributed by atoms with E-state index in [0.717, 1.165) is 19.4 Å². The molecule has 1 N–H and O–H groups in total. The van der Waals surface area contributed by atoms with Gasteiger partial charge in [-0.25, -0.2) is 4.39 Å². The number of amides is 2. The molecule has 0 aliphatic carbocycles. The summed E-state index contributed by atoms with van der Waals surface area (Å²) in [6, 6.07) is 4.68. The molecule has 6 nitrogen and oxygen atoms in total. The lowest BCUT2D eigenvalue weighted by Crippen LogP contribution is -2.57. The summed E-state index contributed by atoms with van der Waals surface area (Å²) in [6.45, 7) is 3.10. The van der Waals surface area contributed by atoms with E-state index in [2.05, 4.69) is 5.32 Å². The molecule has 0 aromatic heterocycles. The summed E-state index contributed by atoms with van der Waals surface area (Å²) in [5, 5.41) is 3.07. The number of hydrogen-bond donors (Lipinski definition) is 1. The van der Waals surface area contributed by atoms with E-state index >= 15 is 0 Å². The molecule has 2 aliphatic rings. The molecule has 0 saturated carbocycles. The van der Waals surface area contributed by atoms with Crippen LogP contribution in [-0.2, 0) is 16.0 Å². The number of nitrogens with zero attached hydrogens (tertiary/aromatic N) is 2. The van der Waals surface area contributed by atoms with E-state index in [1.165, 1.54) is 19.2 Å². The second-order valence-electron chi connectivity index (χ2n) is 6.55. The predicted octanol–water partition coefficient (Wildman–Crippen LogP) is 0.800. The molecule has 1 atom stereocenters. The fourth-order valence-corrected chi connectivity index (χ4v) is 3.55. The van der Waals surface area contributed by atoms with Gasteiger partial charge in [-0.3, -0.25) is 9.59 Å². The van der Waals surface area contributed by atoms with Gasteiger partial charge >= 0.3 is 0 Å². The topological polar surface area (TPSA) is 61.9 Å². The molecule has 1 aromatic rings. The van der Waals surface area contributed by atoms with Crippen LogP contribution in [0.15, 0.2) is 18.2 Å². The van der Waals surface area contributed by atoms with Crippen LogP contribution >= 0.6 is 0 Å². The number of piperidine rings is 1. The van der Waals surface area contributed by atoms with Gasteiger partial charge in [0, 0.05) is 32.2 Å². The SMILES string of the molecule is COc1ccc(CC(=O)N2CCCC(N3CCNCC3=O)C2)cc1F. The number of carbonyl (C=O) groups is 2. The molecule has 0 radical (unpaired) electrons. The summed E-state index contributed by atoms with van der Waals surface area (Å²) in [5.41, 5.74) is 0.628. The minimum absolute atomic E-state index is 0.0307. The predicted molar refractivity (Wildman–Crippen MR) is 90.8 cm³/mol. The Bertz CT molecular complexity index is 652. The number of methoxy groups -OCH3 is 1. The zero-order valence-electron chi connectivity index (χ0n) is 14.5. The van der Waals surface area contributed by atoms with E-state index in [1.54, 1.807) is 11.0 Å². The quantitative estimate of drug-likeness (QED) is 0.873. The molecule has 25 heavy (non-hydrogen) atoms. The maximum atomic E-state index is 13.8. The Morgan fingerprint density at radius 2 is 2.24 bits per heavy atom. The van der Waals surface area contributed by atoms with Gasteiger partial charge in [0.1, 0.15) is 0 Å². The van der Waals surface area contributed by atoms with Crippen molar-refractivity contribution in [2.45, 2.75) is 25.3 Å². The average molecular weight is 349 g/mol.